The first kappa shape index (κ1) is 36.0. The first-order valence-corrected chi connectivity index (χ1v) is 5.86. The van der Waals surface area contributed by atoms with Crippen LogP contribution in [0.15, 0.2) is 0 Å². The fourth-order valence-electron chi connectivity index (χ4n) is 0. The van der Waals surface area contributed by atoms with Gasteiger partial charge in [-0.25, -0.2) is 0 Å². The molecule has 0 aromatic heterocycles. The van der Waals surface area contributed by atoms with E-state index < -0.39 is 24.8 Å². The van der Waals surface area contributed by atoms with Crippen LogP contribution < -0.4 is 0 Å². The van der Waals surface area contributed by atoms with E-state index in [9.17, 15) is 0 Å². The van der Waals surface area contributed by atoms with E-state index in [0.717, 1.165) is 0 Å². The molecule has 0 spiro atoms. The Morgan fingerprint density at radius 1 is 0.533 bits per heavy atom. The molecule has 0 aromatic carbocycles. The van der Waals surface area contributed by atoms with Crippen molar-refractivity contribution < 1.29 is 43.1 Å². The van der Waals surface area contributed by atoms with Gasteiger partial charge in [-0.2, -0.15) is 19.8 Å². The zero-order valence-electron chi connectivity index (χ0n) is 6.82. The quantitative estimate of drug-likeness (QED) is 0.299. The Hall–Kier alpha value is 1.31. The SMILES string of the molecule is C.O=[PH](O)O.O=[PH](O)O.O=[PH](O)O.P.P. The Labute approximate surface area is 95.7 Å². The first-order valence-electron chi connectivity index (χ1n) is 1.95. The molecule has 0 bridgehead atoms. The van der Waals surface area contributed by atoms with Gasteiger partial charge in [0.05, 0.1) is 0 Å². The summed E-state index contributed by atoms with van der Waals surface area (Å²) >= 11 is 0. The van der Waals surface area contributed by atoms with Crippen molar-refractivity contribution in [2.45, 2.75) is 7.43 Å². The Morgan fingerprint density at radius 3 is 0.533 bits per heavy atom. The summed E-state index contributed by atoms with van der Waals surface area (Å²) in [6, 6.07) is 0. The van der Waals surface area contributed by atoms with Crippen LogP contribution in [-0.4, -0.2) is 29.4 Å². The van der Waals surface area contributed by atoms with Crippen LogP contribution in [0.5, 0.6) is 0 Å². The fourth-order valence-corrected chi connectivity index (χ4v) is 0. The lowest BCUT2D eigenvalue weighted by Crippen LogP contribution is -1.38. The number of hydrogen-bond acceptors (Lipinski definition) is 3. The summed E-state index contributed by atoms with van der Waals surface area (Å²) in [5.41, 5.74) is 0. The van der Waals surface area contributed by atoms with Crippen LogP contribution in [0.2, 0.25) is 0 Å². The van der Waals surface area contributed by atoms with E-state index in [0.29, 0.717) is 0 Å². The van der Waals surface area contributed by atoms with Crippen molar-refractivity contribution in [3.63, 3.8) is 0 Å². The molecular weight excluding hydrogens is 311 g/mol. The number of rotatable bonds is 0. The van der Waals surface area contributed by atoms with Crippen LogP contribution in [0, 0.1) is 0 Å². The second-order valence-electron chi connectivity index (χ2n) is 0.848. The minimum absolute atomic E-state index is 0. The normalized spacial score (nSPS) is 7.00. The molecule has 0 fully saturated rings. The number of hydrogen-bond donors (Lipinski definition) is 6. The van der Waals surface area contributed by atoms with Crippen molar-refractivity contribution in [2.24, 2.45) is 0 Å². The van der Waals surface area contributed by atoms with Crippen molar-refractivity contribution >= 4 is 44.6 Å². The van der Waals surface area contributed by atoms with Gasteiger partial charge in [0, 0.05) is 0 Å². The lowest BCUT2D eigenvalue weighted by atomic mass is 12.0. The Balaban J connectivity index is -0.0000000184. The highest BCUT2D eigenvalue weighted by Crippen LogP contribution is 1.99. The molecule has 0 heterocycles. The summed E-state index contributed by atoms with van der Waals surface area (Å²) in [6.45, 7) is 0. The highest BCUT2D eigenvalue weighted by molar-refractivity contribution is 7.31. The van der Waals surface area contributed by atoms with Gasteiger partial charge in [0.1, 0.15) is 0 Å². The predicted molar refractivity (Wildman–Crippen MR) is 69.3 cm³/mol. The molecule has 0 aromatic rings. The van der Waals surface area contributed by atoms with Crippen LogP contribution in [0.4, 0.5) is 0 Å². The molecule has 0 saturated carbocycles. The summed E-state index contributed by atoms with van der Waals surface area (Å²) in [5.74, 6) is 0. The highest BCUT2D eigenvalue weighted by atomic mass is 31.1. The predicted octanol–water partition coefficient (Wildman–Crippen LogP) is -1.17. The van der Waals surface area contributed by atoms with Gasteiger partial charge in [-0.1, -0.05) is 7.43 Å². The Bertz CT molecular complexity index is 116. The summed E-state index contributed by atoms with van der Waals surface area (Å²) in [4.78, 5) is 42.9. The molecule has 0 aliphatic rings. The van der Waals surface area contributed by atoms with Crippen molar-refractivity contribution in [3.05, 3.63) is 0 Å². The third-order valence-corrected chi connectivity index (χ3v) is 0. The van der Waals surface area contributed by atoms with E-state index in [1.807, 2.05) is 0 Å². The topological polar surface area (TPSA) is 173 Å². The van der Waals surface area contributed by atoms with E-state index in [1.165, 1.54) is 0 Å². The molecule has 9 nitrogen and oxygen atoms in total. The van der Waals surface area contributed by atoms with Gasteiger partial charge >= 0.3 is 24.8 Å². The van der Waals surface area contributed by atoms with Crippen molar-refractivity contribution in [2.75, 3.05) is 0 Å². The third kappa shape index (κ3) is 1580. The van der Waals surface area contributed by atoms with Gasteiger partial charge in [-0.3, -0.25) is 13.7 Å². The van der Waals surface area contributed by atoms with Crippen LogP contribution in [0.3, 0.4) is 0 Å². The molecule has 14 heteroatoms. The minimum Gasteiger partial charge on any atom is -0.326 e. The molecule has 0 aliphatic heterocycles. The molecule has 0 saturated heterocycles. The minimum atomic E-state index is -3.13. The molecule has 102 valence electrons. The maximum absolute atomic E-state index is 8.74. The molecular formula is CH19O9P5. The molecule has 2 atom stereocenters. The summed E-state index contributed by atoms with van der Waals surface area (Å²) in [6.07, 6.45) is 0. The molecule has 2 unspecified atom stereocenters. The van der Waals surface area contributed by atoms with Crippen molar-refractivity contribution in [1.82, 2.24) is 0 Å². The van der Waals surface area contributed by atoms with Crippen LogP contribution in [0.25, 0.3) is 0 Å². The highest BCUT2D eigenvalue weighted by Gasteiger charge is 1.62. The molecule has 0 radical (unpaired) electrons. The Morgan fingerprint density at radius 2 is 0.533 bits per heavy atom. The first-order chi connectivity index (χ1) is 5.20. The van der Waals surface area contributed by atoms with E-state index in [-0.39, 0.29) is 27.2 Å². The van der Waals surface area contributed by atoms with Crippen LogP contribution in [-0.2, 0) is 13.7 Å². The lowest BCUT2D eigenvalue weighted by Gasteiger charge is -1.61. The average molecular weight is 330 g/mol. The molecule has 6 N–H and O–H groups in total. The van der Waals surface area contributed by atoms with E-state index >= 15 is 0 Å². The lowest BCUT2D eigenvalue weighted by molar-refractivity contribution is 0.403. The van der Waals surface area contributed by atoms with Gasteiger partial charge < -0.3 is 29.4 Å². The van der Waals surface area contributed by atoms with E-state index in [1.54, 1.807) is 0 Å². The summed E-state index contributed by atoms with van der Waals surface area (Å²) in [5, 5.41) is 0. The molecule has 0 aliphatic carbocycles. The van der Waals surface area contributed by atoms with E-state index in [2.05, 4.69) is 0 Å². The van der Waals surface area contributed by atoms with Crippen molar-refractivity contribution in [3.8, 4) is 0 Å². The van der Waals surface area contributed by atoms with Crippen molar-refractivity contribution in [1.29, 1.82) is 0 Å². The molecule has 0 rings (SSSR count). The second kappa shape index (κ2) is 29.5. The monoisotopic (exact) mass is 330 g/mol. The maximum atomic E-state index is 8.74. The van der Waals surface area contributed by atoms with E-state index in [4.69, 9.17) is 43.1 Å². The Kier molecular flexibility index (Phi) is 70.7. The summed E-state index contributed by atoms with van der Waals surface area (Å²) in [7, 11) is -9.39. The second-order valence-corrected chi connectivity index (χ2v) is 2.54. The van der Waals surface area contributed by atoms with Gasteiger partial charge in [0.15, 0.2) is 0 Å². The van der Waals surface area contributed by atoms with Gasteiger partial charge in [0.2, 0.25) is 0 Å². The smallest absolute Gasteiger partial charge is 0.314 e. The van der Waals surface area contributed by atoms with Gasteiger partial charge in [0.25, 0.3) is 0 Å². The fraction of sp³-hybridized carbons (Fsp3) is 1.00. The zero-order chi connectivity index (χ0) is 10.7. The van der Waals surface area contributed by atoms with Crippen LogP contribution >= 0.6 is 44.6 Å². The average Bonchev–Trinajstić information content (AvgIpc) is 1.54. The maximum Gasteiger partial charge on any atom is 0.314 e. The molecule has 15 heavy (non-hydrogen) atoms. The summed E-state index contributed by atoms with van der Waals surface area (Å²) < 4.78 is 26.2. The van der Waals surface area contributed by atoms with Crippen LogP contribution in [0.1, 0.15) is 7.43 Å². The zero-order valence-corrected chi connectivity index (χ0v) is 12.7. The molecule has 0 amide bonds. The van der Waals surface area contributed by atoms with Gasteiger partial charge in [-0.15, -0.1) is 0 Å². The largest absolute Gasteiger partial charge is 0.326 e. The van der Waals surface area contributed by atoms with Gasteiger partial charge in [-0.05, 0) is 0 Å². The standard InChI is InChI=1S/CH4.3H3O3P.2H3P/c;3*1-4(2)3;;/h1H4;3*4H,(H2,1,2,3);2*1H3. The third-order valence-electron chi connectivity index (χ3n) is 0.